The summed E-state index contributed by atoms with van der Waals surface area (Å²) in [6.45, 7) is 2.50. The van der Waals surface area contributed by atoms with Crippen LogP contribution in [0.5, 0.6) is 5.75 Å². The molecule has 1 saturated heterocycles. The summed E-state index contributed by atoms with van der Waals surface area (Å²) in [6.07, 6.45) is 4.00. The highest BCUT2D eigenvalue weighted by atomic mass is 32.1. The van der Waals surface area contributed by atoms with Crippen molar-refractivity contribution in [2.45, 2.75) is 37.8 Å². The van der Waals surface area contributed by atoms with E-state index in [-0.39, 0.29) is 17.9 Å². The minimum Gasteiger partial charge on any atom is -0.497 e. The van der Waals surface area contributed by atoms with Crippen LogP contribution >= 0.6 is 11.3 Å². The summed E-state index contributed by atoms with van der Waals surface area (Å²) < 4.78 is 5.33. The van der Waals surface area contributed by atoms with Gasteiger partial charge in [-0.1, -0.05) is 55.0 Å². The number of hydrogen-bond donors (Lipinski definition) is 2. The van der Waals surface area contributed by atoms with Crippen LogP contribution in [-0.2, 0) is 11.2 Å². The Kier molecular flexibility index (Phi) is 8.92. The third kappa shape index (κ3) is 6.93. The van der Waals surface area contributed by atoms with E-state index >= 15 is 0 Å². The van der Waals surface area contributed by atoms with E-state index in [9.17, 15) is 9.59 Å². The second-order valence-corrected chi connectivity index (χ2v) is 9.77. The zero-order chi connectivity index (χ0) is 24.5. The summed E-state index contributed by atoms with van der Waals surface area (Å²) in [5.41, 5.74) is 2.15. The lowest BCUT2D eigenvalue weighted by Crippen LogP contribution is -2.50. The Morgan fingerprint density at radius 1 is 0.971 bits per heavy atom. The van der Waals surface area contributed by atoms with Crippen LogP contribution in [0.4, 0.5) is 0 Å². The fourth-order valence-corrected chi connectivity index (χ4v) is 5.16. The Hall–Kier alpha value is -3.16. The number of hydrogen-bond acceptors (Lipinski definition) is 5. The highest BCUT2D eigenvalue weighted by Crippen LogP contribution is 2.26. The number of carbonyl (C=O) groups excluding carboxylic acids is 2. The predicted molar refractivity (Wildman–Crippen MR) is 140 cm³/mol. The van der Waals surface area contributed by atoms with Gasteiger partial charge in [0.2, 0.25) is 5.91 Å². The second-order valence-electron chi connectivity index (χ2n) is 8.82. The minimum absolute atomic E-state index is 0.0653. The van der Waals surface area contributed by atoms with Crippen molar-refractivity contribution in [3.05, 3.63) is 88.1 Å². The van der Waals surface area contributed by atoms with Gasteiger partial charge in [0, 0.05) is 13.0 Å². The lowest BCUT2D eigenvalue weighted by Gasteiger charge is -2.35. The number of nitrogens with one attached hydrogen (secondary N) is 2. The molecule has 0 radical (unpaired) electrons. The van der Waals surface area contributed by atoms with Gasteiger partial charge < -0.3 is 15.4 Å². The first-order valence-corrected chi connectivity index (χ1v) is 13.1. The van der Waals surface area contributed by atoms with E-state index in [2.05, 4.69) is 27.7 Å². The first-order chi connectivity index (χ1) is 17.1. The van der Waals surface area contributed by atoms with Crippen molar-refractivity contribution in [1.82, 2.24) is 15.5 Å². The maximum atomic E-state index is 13.4. The summed E-state index contributed by atoms with van der Waals surface area (Å²) in [5, 5.41) is 7.97. The molecule has 2 heterocycles. The van der Waals surface area contributed by atoms with E-state index < -0.39 is 6.04 Å². The van der Waals surface area contributed by atoms with Gasteiger partial charge in [-0.25, -0.2) is 0 Å². The number of likely N-dealkylation sites (tertiary alicyclic amines) is 1. The first kappa shape index (κ1) is 24.9. The molecule has 2 aromatic carbocycles. The number of piperidine rings is 1. The molecule has 0 unspecified atom stereocenters. The van der Waals surface area contributed by atoms with Crippen molar-refractivity contribution in [3.63, 3.8) is 0 Å². The van der Waals surface area contributed by atoms with E-state index in [1.165, 1.54) is 17.8 Å². The highest BCUT2D eigenvalue weighted by Gasteiger charge is 2.26. The zero-order valence-corrected chi connectivity index (χ0v) is 20.9. The summed E-state index contributed by atoms with van der Waals surface area (Å²) in [7, 11) is 1.66. The summed E-state index contributed by atoms with van der Waals surface area (Å²) in [4.78, 5) is 29.2. The average Bonchev–Trinajstić information content (AvgIpc) is 3.45. The summed E-state index contributed by atoms with van der Waals surface area (Å²) >= 11 is 1.37. The van der Waals surface area contributed by atoms with E-state index in [4.69, 9.17) is 4.74 Å². The molecule has 0 saturated carbocycles. The van der Waals surface area contributed by atoms with Crippen LogP contribution < -0.4 is 15.4 Å². The van der Waals surface area contributed by atoms with Crippen LogP contribution in [0.2, 0.25) is 0 Å². The molecule has 0 aliphatic carbocycles. The van der Waals surface area contributed by atoms with E-state index in [0.717, 1.165) is 42.8 Å². The standard InChI is InChI=1S/C28H33N3O3S/c1-34-23-14-12-22(13-15-23)25(31-16-6-3-7-17-31)20-29-27(32)24(19-21-9-4-2-5-10-21)30-28(33)26-11-8-18-35-26/h2,4-5,8-15,18,24-25H,3,6-7,16-17,19-20H2,1H3,(H,29,32)(H,30,33)/t24-,25-/m0/s1. The van der Waals surface area contributed by atoms with Gasteiger partial charge in [0.15, 0.2) is 0 Å². The molecule has 1 aliphatic rings. The van der Waals surface area contributed by atoms with Crippen molar-refractivity contribution in [1.29, 1.82) is 0 Å². The van der Waals surface area contributed by atoms with Gasteiger partial charge >= 0.3 is 0 Å². The normalized spacial score (nSPS) is 15.7. The Morgan fingerprint density at radius 3 is 2.37 bits per heavy atom. The lowest BCUT2D eigenvalue weighted by atomic mass is 10.0. The molecule has 184 valence electrons. The molecule has 7 heteroatoms. The summed E-state index contributed by atoms with van der Waals surface area (Å²) in [5.74, 6) is 0.419. The number of rotatable bonds is 10. The average molecular weight is 492 g/mol. The maximum Gasteiger partial charge on any atom is 0.262 e. The van der Waals surface area contributed by atoms with Crippen molar-refractivity contribution in [3.8, 4) is 5.75 Å². The van der Waals surface area contributed by atoms with Crippen LogP contribution in [0.15, 0.2) is 72.1 Å². The van der Waals surface area contributed by atoms with Crippen molar-refractivity contribution >= 4 is 23.2 Å². The van der Waals surface area contributed by atoms with Gasteiger partial charge in [-0.3, -0.25) is 14.5 Å². The number of nitrogens with zero attached hydrogens (tertiary/aromatic N) is 1. The molecular formula is C28H33N3O3S. The molecule has 1 fully saturated rings. The van der Waals surface area contributed by atoms with Gasteiger partial charge in [0.05, 0.1) is 18.0 Å². The van der Waals surface area contributed by atoms with Crippen LogP contribution in [0.1, 0.15) is 46.1 Å². The summed E-state index contributed by atoms with van der Waals surface area (Å²) in [6, 6.07) is 20.9. The van der Waals surface area contributed by atoms with Crippen LogP contribution in [0.3, 0.4) is 0 Å². The van der Waals surface area contributed by atoms with Gasteiger partial charge in [-0.05, 0) is 60.6 Å². The van der Waals surface area contributed by atoms with Crippen LogP contribution in [-0.4, -0.2) is 49.5 Å². The van der Waals surface area contributed by atoms with Gasteiger partial charge in [-0.15, -0.1) is 11.3 Å². The second kappa shape index (κ2) is 12.5. The van der Waals surface area contributed by atoms with Crippen molar-refractivity contribution < 1.29 is 14.3 Å². The third-order valence-electron chi connectivity index (χ3n) is 6.45. The number of benzene rings is 2. The fraction of sp³-hybridized carbons (Fsp3) is 0.357. The monoisotopic (exact) mass is 491 g/mol. The largest absolute Gasteiger partial charge is 0.497 e. The van der Waals surface area contributed by atoms with E-state index in [1.807, 2.05) is 53.9 Å². The topological polar surface area (TPSA) is 70.7 Å². The van der Waals surface area contributed by atoms with Gasteiger partial charge in [-0.2, -0.15) is 0 Å². The fourth-order valence-electron chi connectivity index (χ4n) is 4.53. The predicted octanol–water partition coefficient (Wildman–Crippen LogP) is 4.44. The molecule has 35 heavy (non-hydrogen) atoms. The first-order valence-electron chi connectivity index (χ1n) is 12.2. The molecule has 2 N–H and O–H groups in total. The molecule has 1 aromatic heterocycles. The van der Waals surface area contributed by atoms with E-state index in [0.29, 0.717) is 17.8 Å². The zero-order valence-electron chi connectivity index (χ0n) is 20.1. The third-order valence-corrected chi connectivity index (χ3v) is 7.32. The van der Waals surface area contributed by atoms with Crippen LogP contribution in [0.25, 0.3) is 0 Å². The molecule has 4 rings (SSSR count). The molecular weight excluding hydrogens is 458 g/mol. The number of methoxy groups -OCH3 is 1. The Balaban J connectivity index is 1.48. The molecule has 2 atom stereocenters. The number of ether oxygens (including phenoxy) is 1. The molecule has 0 bridgehead atoms. The Bertz CT molecular complexity index is 1060. The quantitative estimate of drug-likeness (QED) is 0.440. The maximum absolute atomic E-state index is 13.4. The highest BCUT2D eigenvalue weighted by molar-refractivity contribution is 7.12. The molecule has 2 amide bonds. The van der Waals surface area contributed by atoms with Crippen molar-refractivity contribution in [2.24, 2.45) is 0 Å². The number of thiophene rings is 1. The van der Waals surface area contributed by atoms with E-state index in [1.54, 1.807) is 13.2 Å². The number of carbonyl (C=O) groups is 2. The smallest absolute Gasteiger partial charge is 0.262 e. The van der Waals surface area contributed by atoms with Gasteiger partial charge in [0.1, 0.15) is 11.8 Å². The minimum atomic E-state index is -0.662. The van der Waals surface area contributed by atoms with Gasteiger partial charge in [0.25, 0.3) is 5.91 Å². The molecule has 1 aliphatic heterocycles. The SMILES string of the molecule is COc1ccc([C@H](CNC(=O)[C@H](Cc2ccccc2)NC(=O)c2cccs2)N2CCCCC2)cc1. The van der Waals surface area contributed by atoms with Crippen LogP contribution in [0, 0.1) is 0 Å². The Morgan fingerprint density at radius 2 is 1.71 bits per heavy atom. The molecule has 3 aromatic rings. The lowest BCUT2D eigenvalue weighted by molar-refractivity contribution is -0.123. The number of amides is 2. The molecule has 6 nitrogen and oxygen atoms in total. The Labute approximate surface area is 211 Å². The molecule has 0 spiro atoms. The van der Waals surface area contributed by atoms with Crippen molar-refractivity contribution in [2.75, 3.05) is 26.7 Å².